The highest BCUT2D eigenvalue weighted by atomic mass is 32.1. The van der Waals surface area contributed by atoms with Gasteiger partial charge in [0.1, 0.15) is 5.75 Å². The van der Waals surface area contributed by atoms with Crippen LogP contribution in [0.3, 0.4) is 0 Å². The normalized spacial score (nSPS) is 11.5. The molecule has 0 aliphatic rings. The minimum absolute atomic E-state index is 0.825. The summed E-state index contributed by atoms with van der Waals surface area (Å²) >= 11 is 1.95. The Morgan fingerprint density at radius 3 is 2.15 bits per heavy atom. The molecule has 0 atom stereocenters. The predicted octanol–water partition coefficient (Wildman–Crippen LogP) is 7.97. The monoisotopic (exact) mass is 368 g/mol. The van der Waals surface area contributed by atoms with Crippen molar-refractivity contribution in [1.82, 2.24) is 0 Å². The van der Waals surface area contributed by atoms with Crippen molar-refractivity contribution >= 4 is 31.5 Å². The van der Waals surface area contributed by atoms with Crippen LogP contribution in [0.15, 0.2) is 24.3 Å². The van der Waals surface area contributed by atoms with Crippen molar-refractivity contribution in [3.63, 3.8) is 0 Å². The van der Waals surface area contributed by atoms with Crippen molar-refractivity contribution in [1.29, 1.82) is 0 Å². The van der Waals surface area contributed by atoms with Crippen LogP contribution < -0.4 is 4.74 Å². The first kappa shape index (κ1) is 19.2. The van der Waals surface area contributed by atoms with Gasteiger partial charge in [0.15, 0.2) is 0 Å². The molecule has 0 unspecified atom stereocenters. The third kappa shape index (κ3) is 3.91. The Morgan fingerprint density at radius 1 is 0.769 bits per heavy atom. The maximum Gasteiger partial charge on any atom is 0.123 e. The molecule has 0 fully saturated rings. The van der Waals surface area contributed by atoms with Crippen LogP contribution in [0.25, 0.3) is 20.2 Å². The Labute approximate surface area is 162 Å². The van der Waals surface area contributed by atoms with Gasteiger partial charge in [0, 0.05) is 25.7 Å². The van der Waals surface area contributed by atoms with Crippen molar-refractivity contribution < 1.29 is 4.74 Å². The zero-order valence-electron chi connectivity index (χ0n) is 16.8. The molecule has 0 aliphatic carbocycles. The van der Waals surface area contributed by atoms with Crippen LogP contribution in [-0.4, -0.2) is 6.61 Å². The smallest absolute Gasteiger partial charge is 0.123 e. The van der Waals surface area contributed by atoms with Crippen LogP contribution in [-0.2, 0) is 6.42 Å². The molecule has 2 heteroatoms. The van der Waals surface area contributed by atoms with Crippen LogP contribution in [0.1, 0.15) is 69.1 Å². The van der Waals surface area contributed by atoms with Crippen molar-refractivity contribution in [2.75, 3.05) is 6.61 Å². The Kier molecular flexibility index (Phi) is 6.58. The van der Waals surface area contributed by atoms with Crippen LogP contribution in [0.2, 0.25) is 0 Å². The summed E-state index contributed by atoms with van der Waals surface area (Å²) in [6, 6.07) is 9.11. The Balaban J connectivity index is 1.93. The molecule has 0 radical (unpaired) electrons. The van der Waals surface area contributed by atoms with E-state index >= 15 is 0 Å². The van der Waals surface area contributed by atoms with Gasteiger partial charge in [0.25, 0.3) is 0 Å². The van der Waals surface area contributed by atoms with E-state index < -0.39 is 0 Å². The van der Waals surface area contributed by atoms with Gasteiger partial charge in [0.05, 0.1) is 6.61 Å². The van der Waals surface area contributed by atoms with E-state index in [2.05, 4.69) is 52.0 Å². The molecule has 0 aliphatic heterocycles. The summed E-state index contributed by atoms with van der Waals surface area (Å²) in [5.41, 5.74) is 4.29. The van der Waals surface area contributed by atoms with E-state index in [4.69, 9.17) is 4.74 Å². The lowest BCUT2D eigenvalue weighted by Crippen LogP contribution is -1.98. The van der Waals surface area contributed by atoms with E-state index in [9.17, 15) is 0 Å². The number of rotatable bonds is 9. The molecule has 2 aromatic carbocycles. The van der Waals surface area contributed by atoms with Crippen molar-refractivity contribution in [2.24, 2.45) is 0 Å². The van der Waals surface area contributed by atoms with Gasteiger partial charge in [-0.3, -0.25) is 0 Å². The standard InChI is InChI=1S/C24H32OS/c1-5-7-9-11-19-12-13-20-21-14-15-22(25-16-10-8-6-2)18(4)24(21)26-23(20)17(19)3/h12-15H,5-11,16H2,1-4H3. The van der Waals surface area contributed by atoms with Gasteiger partial charge in [-0.15, -0.1) is 11.3 Å². The zero-order valence-corrected chi connectivity index (χ0v) is 17.6. The van der Waals surface area contributed by atoms with Gasteiger partial charge in [0.2, 0.25) is 0 Å². The number of hydrogen-bond donors (Lipinski definition) is 0. The summed E-state index contributed by atoms with van der Waals surface area (Å²) in [5.74, 6) is 1.06. The number of unbranched alkanes of at least 4 members (excludes halogenated alkanes) is 4. The molecule has 0 saturated heterocycles. The average Bonchev–Trinajstić information content (AvgIpc) is 3.03. The molecule has 0 amide bonds. The van der Waals surface area contributed by atoms with Crippen molar-refractivity contribution in [3.8, 4) is 5.75 Å². The lowest BCUT2D eigenvalue weighted by molar-refractivity contribution is 0.305. The summed E-state index contributed by atoms with van der Waals surface area (Å²) in [5, 5.41) is 2.79. The largest absolute Gasteiger partial charge is 0.493 e. The van der Waals surface area contributed by atoms with Gasteiger partial charge >= 0.3 is 0 Å². The molecule has 1 aromatic heterocycles. The maximum absolute atomic E-state index is 6.07. The molecule has 26 heavy (non-hydrogen) atoms. The topological polar surface area (TPSA) is 9.23 Å². The van der Waals surface area contributed by atoms with Crippen LogP contribution in [0.4, 0.5) is 0 Å². The van der Waals surface area contributed by atoms with Gasteiger partial charge < -0.3 is 4.74 Å². The quantitative estimate of drug-likeness (QED) is 0.348. The molecular formula is C24H32OS. The molecule has 0 spiro atoms. The summed E-state index contributed by atoms with van der Waals surface area (Å²) in [6.07, 6.45) is 8.71. The molecule has 1 heterocycles. The van der Waals surface area contributed by atoms with Gasteiger partial charge in [-0.05, 0) is 56.4 Å². The molecule has 1 nitrogen and oxygen atoms in total. The van der Waals surface area contributed by atoms with E-state index in [0.29, 0.717) is 0 Å². The van der Waals surface area contributed by atoms with E-state index in [-0.39, 0.29) is 0 Å². The van der Waals surface area contributed by atoms with E-state index in [1.807, 2.05) is 11.3 Å². The fraction of sp³-hybridized carbons (Fsp3) is 0.500. The van der Waals surface area contributed by atoms with Crippen LogP contribution >= 0.6 is 11.3 Å². The highest BCUT2D eigenvalue weighted by Gasteiger charge is 2.14. The molecule has 0 N–H and O–H groups in total. The first-order valence-corrected chi connectivity index (χ1v) is 11.1. The van der Waals surface area contributed by atoms with E-state index in [1.165, 1.54) is 75.4 Å². The van der Waals surface area contributed by atoms with Crippen molar-refractivity contribution in [2.45, 2.75) is 72.6 Å². The number of fused-ring (bicyclic) bond motifs is 3. The average molecular weight is 369 g/mol. The fourth-order valence-corrected chi connectivity index (χ4v) is 5.04. The number of hydrogen-bond acceptors (Lipinski definition) is 2. The molecule has 3 rings (SSSR count). The first-order chi connectivity index (χ1) is 12.7. The zero-order chi connectivity index (χ0) is 18.5. The van der Waals surface area contributed by atoms with Crippen LogP contribution in [0, 0.1) is 13.8 Å². The minimum Gasteiger partial charge on any atom is -0.493 e. The second-order valence-electron chi connectivity index (χ2n) is 7.41. The number of ether oxygens (including phenoxy) is 1. The predicted molar refractivity (Wildman–Crippen MR) is 117 cm³/mol. The SMILES string of the molecule is CCCCCOc1ccc2c(sc3c(C)c(CCCCC)ccc32)c1C. The molecular weight excluding hydrogens is 336 g/mol. The number of benzene rings is 2. The fourth-order valence-electron chi connectivity index (χ4n) is 3.72. The Hall–Kier alpha value is -1.54. The third-order valence-corrected chi connectivity index (χ3v) is 6.88. The Morgan fingerprint density at radius 2 is 1.42 bits per heavy atom. The highest BCUT2D eigenvalue weighted by Crippen LogP contribution is 2.41. The van der Waals surface area contributed by atoms with E-state index in [1.54, 1.807) is 0 Å². The van der Waals surface area contributed by atoms with Gasteiger partial charge in [-0.1, -0.05) is 51.7 Å². The number of thiophene rings is 1. The molecule has 0 bridgehead atoms. The first-order valence-electron chi connectivity index (χ1n) is 10.2. The number of aryl methyl sites for hydroxylation is 3. The molecule has 0 saturated carbocycles. The third-order valence-electron chi connectivity index (χ3n) is 5.42. The highest BCUT2D eigenvalue weighted by molar-refractivity contribution is 7.26. The van der Waals surface area contributed by atoms with E-state index in [0.717, 1.165) is 18.8 Å². The lowest BCUT2D eigenvalue weighted by atomic mass is 9.99. The second kappa shape index (κ2) is 8.90. The Bertz CT molecular complexity index is 875. The second-order valence-corrected chi connectivity index (χ2v) is 8.43. The minimum atomic E-state index is 0.825. The lowest BCUT2D eigenvalue weighted by Gasteiger charge is -2.09. The summed E-state index contributed by atoms with van der Waals surface area (Å²) < 4.78 is 8.92. The van der Waals surface area contributed by atoms with Gasteiger partial charge in [-0.25, -0.2) is 0 Å². The molecule has 140 valence electrons. The maximum atomic E-state index is 6.07. The van der Waals surface area contributed by atoms with Gasteiger partial charge in [-0.2, -0.15) is 0 Å². The molecule has 3 aromatic rings. The van der Waals surface area contributed by atoms with Crippen molar-refractivity contribution in [3.05, 3.63) is 41.0 Å². The summed E-state index contributed by atoms with van der Waals surface area (Å²) in [4.78, 5) is 0. The summed E-state index contributed by atoms with van der Waals surface area (Å²) in [7, 11) is 0. The van der Waals surface area contributed by atoms with Crippen LogP contribution in [0.5, 0.6) is 5.75 Å². The summed E-state index contributed by atoms with van der Waals surface area (Å²) in [6.45, 7) is 9.84.